The fourth-order valence-electron chi connectivity index (χ4n) is 16.3. The van der Waals surface area contributed by atoms with Crippen LogP contribution in [0.1, 0.15) is 304 Å². The van der Waals surface area contributed by atoms with Gasteiger partial charge in [0, 0.05) is 61.3 Å². The molecular weight excluding hydrogens is 1110 g/mol. The molecular formula is C74H121NO13. The number of nitrogens with zero attached hydrogens (tertiary/aromatic N) is 1. The molecule has 500 valence electrons. The van der Waals surface area contributed by atoms with E-state index in [1.165, 1.54) is 140 Å². The lowest BCUT2D eigenvalue weighted by Gasteiger charge is -2.75. The SMILES string of the molecule is CCCCCCCCCCCCCCCC(=O)OCC(COC(=O)CCCCCCCCCCCCCCC)OC(=O)C(C)CC(=O)OCCCCC(=O)Oc1ccc2c3c1O[C@H]1[C@]4(OC)CC[C@@]5(C[C@@H]4[C@](C)(O)C(C)(C)C)C(C2)N(CC2CC2)CC[C@]315. The van der Waals surface area contributed by atoms with Gasteiger partial charge >= 0.3 is 29.8 Å². The van der Waals surface area contributed by atoms with Gasteiger partial charge in [0.1, 0.15) is 24.9 Å². The summed E-state index contributed by atoms with van der Waals surface area (Å²) >= 11 is 0. The van der Waals surface area contributed by atoms with Crippen LogP contribution in [0.4, 0.5) is 0 Å². The van der Waals surface area contributed by atoms with Gasteiger partial charge in [0.25, 0.3) is 0 Å². The number of carbonyl (C=O) groups is 5. The zero-order valence-electron chi connectivity index (χ0n) is 56.5. The first kappa shape index (κ1) is 71.7. The van der Waals surface area contributed by atoms with E-state index in [0.717, 1.165) is 89.6 Å². The summed E-state index contributed by atoms with van der Waals surface area (Å²) in [6.07, 6.45) is 38.2. The van der Waals surface area contributed by atoms with Gasteiger partial charge in [-0.05, 0) is 107 Å². The number of benzene rings is 1. The van der Waals surface area contributed by atoms with Crippen LogP contribution in [0.3, 0.4) is 0 Å². The quantitative estimate of drug-likeness (QED) is 0.0283. The van der Waals surface area contributed by atoms with Gasteiger partial charge in [-0.15, -0.1) is 0 Å². The van der Waals surface area contributed by atoms with Gasteiger partial charge in [-0.2, -0.15) is 0 Å². The van der Waals surface area contributed by atoms with E-state index in [0.29, 0.717) is 43.2 Å². The van der Waals surface area contributed by atoms with E-state index < -0.39 is 46.5 Å². The average Bonchev–Trinajstić information content (AvgIpc) is 1.37. The highest BCUT2D eigenvalue weighted by atomic mass is 16.6. The molecule has 1 aromatic carbocycles. The van der Waals surface area contributed by atoms with E-state index in [-0.39, 0.29) is 80.3 Å². The van der Waals surface area contributed by atoms with Crippen molar-refractivity contribution >= 4 is 29.8 Å². The van der Waals surface area contributed by atoms with E-state index >= 15 is 0 Å². The van der Waals surface area contributed by atoms with Crippen LogP contribution in [0.25, 0.3) is 0 Å². The average molecular weight is 1230 g/mol. The number of carbonyl (C=O) groups excluding carboxylic acids is 5. The Balaban J connectivity index is 0.842. The molecule has 5 fully saturated rings. The second-order valence-electron chi connectivity index (χ2n) is 29.4. The predicted molar refractivity (Wildman–Crippen MR) is 345 cm³/mol. The first-order chi connectivity index (χ1) is 42.4. The minimum absolute atomic E-state index is 0.0535. The van der Waals surface area contributed by atoms with Gasteiger partial charge < -0.3 is 38.3 Å². The number of hydrogen-bond acceptors (Lipinski definition) is 14. The fourth-order valence-corrected chi connectivity index (χ4v) is 16.3. The predicted octanol–water partition coefficient (Wildman–Crippen LogP) is 16.3. The molecule has 1 aromatic rings. The van der Waals surface area contributed by atoms with E-state index in [4.69, 9.17) is 33.2 Å². The molecule has 7 aliphatic rings. The minimum atomic E-state index is -1.04. The van der Waals surface area contributed by atoms with Crippen LogP contribution in [0.2, 0.25) is 0 Å². The second kappa shape index (κ2) is 34.8. The maximum Gasteiger partial charge on any atom is 0.311 e. The summed E-state index contributed by atoms with van der Waals surface area (Å²) in [5, 5.41) is 12.6. The smallest absolute Gasteiger partial charge is 0.311 e. The molecule has 8 atom stereocenters. The number of piperidine rings is 1. The molecule has 0 amide bonds. The van der Waals surface area contributed by atoms with Crippen LogP contribution in [0, 0.1) is 28.6 Å². The Hall–Kier alpha value is -3.75. The molecule has 1 N–H and O–H groups in total. The van der Waals surface area contributed by atoms with Gasteiger partial charge in [0.05, 0.1) is 24.5 Å². The van der Waals surface area contributed by atoms with E-state index in [9.17, 15) is 29.1 Å². The summed E-state index contributed by atoms with van der Waals surface area (Å²) in [4.78, 5) is 68.7. The van der Waals surface area contributed by atoms with Gasteiger partial charge in [0.15, 0.2) is 17.6 Å². The number of methoxy groups -OCH3 is 1. The van der Waals surface area contributed by atoms with Crippen molar-refractivity contribution in [2.45, 2.75) is 334 Å². The molecule has 2 heterocycles. The normalized spacial score (nSPS) is 24.3. The summed E-state index contributed by atoms with van der Waals surface area (Å²) in [5.41, 5.74) is -0.199. The number of ether oxygens (including phenoxy) is 7. The lowest BCUT2D eigenvalue weighted by atomic mass is 9.33. The molecule has 2 spiro atoms. The second-order valence-corrected chi connectivity index (χ2v) is 29.4. The Kier molecular flexibility index (Phi) is 28.3. The number of likely N-dealkylation sites (tertiary alicyclic amines) is 1. The first-order valence-corrected chi connectivity index (χ1v) is 36.1. The van der Waals surface area contributed by atoms with Gasteiger partial charge in [0.2, 0.25) is 0 Å². The van der Waals surface area contributed by atoms with Crippen molar-refractivity contribution in [1.82, 2.24) is 4.90 Å². The highest BCUT2D eigenvalue weighted by Gasteiger charge is 2.82. The standard InChI is InChI=1S/C74H121NO13/c1-9-11-13-15-17-19-21-23-25-27-29-31-33-37-62(76)84-53-58(54-85-63(77)38-34-32-30-28-26-24-22-20-18-16-14-12-10-2)86-68(80)55(3)49-65(79)83-48-36-35-39-64(78)87-59-43-42-57-50-61-72-44-45-74(82-8,60(51-72)71(7,81)70(4,5)6)69-73(72,66(57)67(59)88-69)46-47-75(61)52-56-40-41-56/h42-43,55-56,58,60-61,69,81H,9-41,44-54H2,1-8H3/t55?,60-,61?,69-,71+,72-,73+,74+/m1/s1. The molecule has 14 heteroatoms. The first-order valence-electron chi connectivity index (χ1n) is 36.1. The van der Waals surface area contributed by atoms with E-state index in [1.54, 1.807) is 14.0 Å². The number of fused-ring (bicyclic) bond motifs is 2. The molecule has 2 aliphatic heterocycles. The van der Waals surface area contributed by atoms with Crippen LogP contribution in [-0.4, -0.2) is 109 Å². The number of aliphatic hydroxyl groups is 1. The topological polar surface area (TPSA) is 173 Å². The molecule has 8 rings (SSSR count). The van der Waals surface area contributed by atoms with Crippen molar-refractivity contribution in [1.29, 1.82) is 0 Å². The zero-order valence-corrected chi connectivity index (χ0v) is 56.5. The molecule has 88 heavy (non-hydrogen) atoms. The van der Waals surface area contributed by atoms with Crippen molar-refractivity contribution < 1.29 is 62.2 Å². The van der Waals surface area contributed by atoms with Crippen LogP contribution in [0.15, 0.2) is 12.1 Å². The Morgan fingerprint density at radius 1 is 0.648 bits per heavy atom. The Morgan fingerprint density at radius 2 is 1.16 bits per heavy atom. The molecule has 1 saturated heterocycles. The van der Waals surface area contributed by atoms with Crippen molar-refractivity contribution in [3.8, 4) is 11.5 Å². The minimum Gasteiger partial charge on any atom is -0.482 e. The third-order valence-corrected chi connectivity index (χ3v) is 22.1. The molecule has 0 radical (unpaired) electrons. The largest absolute Gasteiger partial charge is 0.482 e. The third kappa shape index (κ3) is 18.5. The monoisotopic (exact) mass is 1230 g/mol. The fraction of sp³-hybridized carbons (Fsp3) is 0.851. The summed E-state index contributed by atoms with van der Waals surface area (Å²) in [5.74, 6) is -1.66. The van der Waals surface area contributed by atoms with E-state index in [1.807, 2.05) is 13.0 Å². The summed E-state index contributed by atoms with van der Waals surface area (Å²) in [6.45, 7) is 16.1. The highest BCUT2D eigenvalue weighted by molar-refractivity contribution is 5.80. The van der Waals surface area contributed by atoms with Crippen molar-refractivity contribution in [3.63, 3.8) is 0 Å². The lowest BCUT2D eigenvalue weighted by molar-refractivity contribution is -0.312. The number of hydrogen-bond donors (Lipinski definition) is 1. The summed E-state index contributed by atoms with van der Waals surface area (Å²) in [7, 11) is 1.80. The molecule has 14 nitrogen and oxygen atoms in total. The van der Waals surface area contributed by atoms with Crippen molar-refractivity contribution in [2.75, 3.05) is 40.0 Å². The molecule has 4 saturated carbocycles. The highest BCUT2D eigenvalue weighted by Crippen LogP contribution is 2.78. The Bertz CT molecular complexity index is 2300. The maximum atomic E-state index is 13.7. The van der Waals surface area contributed by atoms with E-state index in [2.05, 4.69) is 45.6 Å². The van der Waals surface area contributed by atoms with Gasteiger partial charge in [-0.25, -0.2) is 0 Å². The van der Waals surface area contributed by atoms with Crippen LogP contribution in [0.5, 0.6) is 11.5 Å². The number of unbranched alkanes of at least 4 members (excludes halogenated alkanes) is 25. The Morgan fingerprint density at radius 3 is 1.67 bits per heavy atom. The zero-order chi connectivity index (χ0) is 63.2. The number of esters is 5. The molecule has 4 bridgehead atoms. The maximum absolute atomic E-state index is 13.7. The third-order valence-electron chi connectivity index (χ3n) is 22.1. The molecule has 5 aliphatic carbocycles. The van der Waals surface area contributed by atoms with Crippen LogP contribution < -0.4 is 9.47 Å². The molecule has 0 aromatic heterocycles. The lowest BCUT2D eigenvalue weighted by Crippen LogP contribution is -2.83. The van der Waals surface area contributed by atoms with Gasteiger partial charge in [-0.1, -0.05) is 202 Å². The summed E-state index contributed by atoms with van der Waals surface area (Å²) < 4.78 is 42.8. The Labute approximate surface area is 531 Å². The van der Waals surface area contributed by atoms with Crippen LogP contribution in [-0.2, 0) is 59.5 Å². The molecule has 2 unspecified atom stereocenters. The van der Waals surface area contributed by atoms with Crippen LogP contribution >= 0.6 is 0 Å². The summed E-state index contributed by atoms with van der Waals surface area (Å²) in [6, 6.07) is 4.38. The van der Waals surface area contributed by atoms with Crippen molar-refractivity contribution in [3.05, 3.63) is 23.3 Å². The van der Waals surface area contributed by atoms with Gasteiger partial charge in [-0.3, -0.25) is 28.9 Å². The van der Waals surface area contributed by atoms with Crippen molar-refractivity contribution in [2.24, 2.45) is 28.6 Å². The number of rotatable bonds is 46.